The minimum atomic E-state index is 0.337. The predicted molar refractivity (Wildman–Crippen MR) is 86.4 cm³/mol. The van der Waals surface area contributed by atoms with E-state index in [9.17, 15) is 0 Å². The maximum atomic E-state index is 5.43. The molecule has 0 saturated carbocycles. The lowest BCUT2D eigenvalue weighted by atomic mass is 10.1. The van der Waals surface area contributed by atoms with Crippen LogP contribution in [0.3, 0.4) is 0 Å². The summed E-state index contributed by atoms with van der Waals surface area (Å²) in [6.45, 7) is 9.10. The number of nitrogens with zero attached hydrogens (tertiary/aromatic N) is 2. The highest BCUT2D eigenvalue weighted by Crippen LogP contribution is 2.20. The van der Waals surface area contributed by atoms with Gasteiger partial charge in [0.1, 0.15) is 5.76 Å². The number of furan rings is 1. The molecule has 1 unspecified atom stereocenters. The zero-order chi connectivity index (χ0) is 15.1. The van der Waals surface area contributed by atoms with Gasteiger partial charge in [-0.15, -0.1) is 0 Å². The first-order valence-corrected chi connectivity index (χ1v) is 7.75. The third kappa shape index (κ3) is 4.08. The van der Waals surface area contributed by atoms with E-state index >= 15 is 0 Å². The van der Waals surface area contributed by atoms with E-state index in [0.717, 1.165) is 43.2 Å². The van der Waals surface area contributed by atoms with Gasteiger partial charge in [-0.3, -0.25) is 4.98 Å². The van der Waals surface area contributed by atoms with Crippen LogP contribution in [0.1, 0.15) is 44.7 Å². The summed E-state index contributed by atoms with van der Waals surface area (Å²) >= 11 is 0. The van der Waals surface area contributed by atoms with Crippen molar-refractivity contribution in [2.45, 2.75) is 39.8 Å². The number of nitrogens with one attached hydrogen (secondary N) is 1. The number of rotatable bonds is 8. The lowest BCUT2D eigenvalue weighted by molar-refractivity contribution is 0.503. The van der Waals surface area contributed by atoms with Crippen molar-refractivity contribution >= 4 is 5.69 Å². The molecular formula is C17H25N3O. The highest BCUT2D eigenvalue weighted by Gasteiger charge is 2.11. The van der Waals surface area contributed by atoms with Gasteiger partial charge in [0.25, 0.3) is 0 Å². The Labute approximate surface area is 127 Å². The lowest BCUT2D eigenvalue weighted by Gasteiger charge is -2.22. The van der Waals surface area contributed by atoms with Gasteiger partial charge in [-0.05, 0) is 44.2 Å². The standard InChI is InChI=1S/C17H25N3O/c1-4-16(18-5-2)17-10-9-14(12-19-17)20(6-3)13-15-8-7-11-21-15/h7-12,16,18H,4-6,13H2,1-3H3. The van der Waals surface area contributed by atoms with Gasteiger partial charge >= 0.3 is 0 Å². The number of aromatic nitrogens is 1. The maximum absolute atomic E-state index is 5.43. The third-order valence-electron chi connectivity index (χ3n) is 3.66. The minimum absolute atomic E-state index is 0.337. The van der Waals surface area contributed by atoms with Crippen LogP contribution in [0, 0.1) is 0 Å². The van der Waals surface area contributed by atoms with Crippen LogP contribution in [-0.2, 0) is 6.54 Å². The number of pyridine rings is 1. The Morgan fingerprint density at radius 2 is 2.10 bits per heavy atom. The molecule has 0 bridgehead atoms. The average Bonchev–Trinajstić information content (AvgIpc) is 3.03. The van der Waals surface area contributed by atoms with Gasteiger partial charge in [-0.1, -0.05) is 13.8 Å². The van der Waals surface area contributed by atoms with Crippen LogP contribution < -0.4 is 10.2 Å². The maximum Gasteiger partial charge on any atom is 0.123 e. The summed E-state index contributed by atoms with van der Waals surface area (Å²) in [5, 5.41) is 3.46. The number of anilines is 1. The average molecular weight is 287 g/mol. The Kier molecular flexibility index (Phi) is 5.81. The molecule has 2 rings (SSSR count). The molecule has 0 aromatic carbocycles. The van der Waals surface area contributed by atoms with E-state index in [1.54, 1.807) is 6.26 Å². The molecule has 2 heterocycles. The van der Waals surface area contributed by atoms with E-state index < -0.39 is 0 Å². The topological polar surface area (TPSA) is 41.3 Å². The molecule has 0 aliphatic rings. The Hall–Kier alpha value is -1.81. The van der Waals surface area contributed by atoms with E-state index in [1.165, 1.54) is 0 Å². The van der Waals surface area contributed by atoms with E-state index in [1.807, 2.05) is 18.3 Å². The monoisotopic (exact) mass is 287 g/mol. The van der Waals surface area contributed by atoms with Crippen LogP contribution in [-0.4, -0.2) is 18.1 Å². The summed E-state index contributed by atoms with van der Waals surface area (Å²) in [4.78, 5) is 6.89. The fraction of sp³-hybridized carbons (Fsp3) is 0.471. The van der Waals surface area contributed by atoms with Crippen molar-refractivity contribution in [2.75, 3.05) is 18.0 Å². The predicted octanol–water partition coefficient (Wildman–Crippen LogP) is 3.76. The Balaban J connectivity index is 2.08. The molecule has 0 fully saturated rings. The fourth-order valence-corrected chi connectivity index (χ4v) is 2.47. The molecule has 1 atom stereocenters. The molecule has 4 heteroatoms. The number of hydrogen-bond donors (Lipinski definition) is 1. The fourth-order valence-electron chi connectivity index (χ4n) is 2.47. The summed E-state index contributed by atoms with van der Waals surface area (Å²) in [6, 6.07) is 8.53. The lowest BCUT2D eigenvalue weighted by Crippen LogP contribution is -2.23. The summed E-state index contributed by atoms with van der Waals surface area (Å²) in [7, 11) is 0. The van der Waals surface area contributed by atoms with Crippen LogP contribution >= 0.6 is 0 Å². The Morgan fingerprint density at radius 1 is 1.24 bits per heavy atom. The van der Waals surface area contributed by atoms with Gasteiger partial charge in [-0.25, -0.2) is 0 Å². The van der Waals surface area contributed by atoms with Gasteiger partial charge < -0.3 is 14.6 Å². The summed E-state index contributed by atoms with van der Waals surface area (Å²) in [5.74, 6) is 0.972. The van der Waals surface area contributed by atoms with Crippen molar-refractivity contribution in [3.05, 3.63) is 48.2 Å². The summed E-state index contributed by atoms with van der Waals surface area (Å²) < 4.78 is 5.43. The Bertz CT molecular complexity index is 507. The second-order valence-electron chi connectivity index (χ2n) is 5.05. The van der Waals surface area contributed by atoms with Crippen molar-refractivity contribution in [1.82, 2.24) is 10.3 Å². The largest absolute Gasteiger partial charge is 0.467 e. The van der Waals surface area contributed by atoms with E-state index in [4.69, 9.17) is 4.42 Å². The molecule has 0 aliphatic heterocycles. The summed E-state index contributed by atoms with van der Waals surface area (Å²) in [6.07, 6.45) is 4.72. The van der Waals surface area contributed by atoms with E-state index in [0.29, 0.717) is 6.04 Å². The van der Waals surface area contributed by atoms with Gasteiger partial charge in [0.05, 0.1) is 30.4 Å². The minimum Gasteiger partial charge on any atom is -0.467 e. The quantitative estimate of drug-likeness (QED) is 0.802. The van der Waals surface area contributed by atoms with Crippen LogP contribution in [0.4, 0.5) is 5.69 Å². The second-order valence-corrected chi connectivity index (χ2v) is 5.05. The normalized spacial score (nSPS) is 12.3. The van der Waals surface area contributed by atoms with Gasteiger partial charge in [0.2, 0.25) is 0 Å². The zero-order valence-electron chi connectivity index (χ0n) is 13.2. The van der Waals surface area contributed by atoms with Gasteiger partial charge in [0.15, 0.2) is 0 Å². The van der Waals surface area contributed by atoms with Crippen molar-refractivity contribution < 1.29 is 4.42 Å². The highest BCUT2D eigenvalue weighted by atomic mass is 16.3. The molecule has 0 aliphatic carbocycles. The molecule has 0 radical (unpaired) electrons. The van der Waals surface area contributed by atoms with Crippen LogP contribution in [0.15, 0.2) is 41.1 Å². The van der Waals surface area contributed by atoms with Crippen LogP contribution in [0.5, 0.6) is 0 Å². The molecule has 2 aromatic heterocycles. The molecule has 0 saturated heterocycles. The molecule has 4 nitrogen and oxygen atoms in total. The first-order chi connectivity index (χ1) is 10.3. The summed E-state index contributed by atoms with van der Waals surface area (Å²) in [5.41, 5.74) is 2.24. The van der Waals surface area contributed by atoms with Crippen molar-refractivity contribution in [1.29, 1.82) is 0 Å². The van der Waals surface area contributed by atoms with Crippen LogP contribution in [0.25, 0.3) is 0 Å². The molecule has 0 spiro atoms. The van der Waals surface area contributed by atoms with E-state index in [-0.39, 0.29) is 0 Å². The first kappa shape index (κ1) is 15.6. The van der Waals surface area contributed by atoms with Gasteiger partial charge in [-0.2, -0.15) is 0 Å². The first-order valence-electron chi connectivity index (χ1n) is 7.75. The smallest absolute Gasteiger partial charge is 0.123 e. The highest BCUT2D eigenvalue weighted by molar-refractivity contribution is 5.45. The van der Waals surface area contributed by atoms with Crippen molar-refractivity contribution in [3.8, 4) is 0 Å². The van der Waals surface area contributed by atoms with Gasteiger partial charge in [0, 0.05) is 12.6 Å². The van der Waals surface area contributed by atoms with E-state index in [2.05, 4.69) is 48.1 Å². The molecule has 1 N–H and O–H groups in total. The van der Waals surface area contributed by atoms with Crippen molar-refractivity contribution in [2.24, 2.45) is 0 Å². The molecule has 2 aromatic rings. The van der Waals surface area contributed by atoms with Crippen molar-refractivity contribution in [3.63, 3.8) is 0 Å². The third-order valence-corrected chi connectivity index (χ3v) is 3.66. The number of hydrogen-bond acceptors (Lipinski definition) is 4. The zero-order valence-corrected chi connectivity index (χ0v) is 13.2. The Morgan fingerprint density at radius 3 is 2.62 bits per heavy atom. The molecular weight excluding hydrogens is 262 g/mol. The molecule has 21 heavy (non-hydrogen) atoms. The second kappa shape index (κ2) is 7.84. The SMILES string of the molecule is CCNC(CC)c1ccc(N(CC)Cc2ccco2)cn1. The molecule has 114 valence electrons. The van der Waals surface area contributed by atoms with Crippen LogP contribution in [0.2, 0.25) is 0 Å². The molecule has 0 amide bonds.